The second kappa shape index (κ2) is 7.55. The maximum atomic E-state index is 4.54. The van der Waals surface area contributed by atoms with Gasteiger partial charge in [0, 0.05) is 57.6 Å². The average Bonchev–Trinajstić information content (AvgIpc) is 3.51. The van der Waals surface area contributed by atoms with Crippen LogP contribution in [0.2, 0.25) is 0 Å². The molecule has 1 saturated carbocycles. The molecule has 2 aliphatic rings. The van der Waals surface area contributed by atoms with Crippen LogP contribution in [0.4, 0.5) is 5.95 Å². The Bertz CT molecular complexity index is 791. The van der Waals surface area contributed by atoms with E-state index in [9.17, 15) is 0 Å². The van der Waals surface area contributed by atoms with Crippen LogP contribution in [0.3, 0.4) is 0 Å². The Hall–Kier alpha value is -2.63. The van der Waals surface area contributed by atoms with E-state index in [1.807, 2.05) is 13.1 Å². The highest BCUT2D eigenvalue weighted by Gasteiger charge is 2.45. The van der Waals surface area contributed by atoms with Crippen LogP contribution in [-0.4, -0.2) is 60.6 Å². The highest BCUT2D eigenvalue weighted by molar-refractivity contribution is 5.80. The summed E-state index contributed by atoms with van der Waals surface area (Å²) in [5, 5.41) is 3.65. The minimum atomic E-state index is 0.279. The van der Waals surface area contributed by atoms with Gasteiger partial charge in [-0.15, -0.1) is 0 Å². The highest BCUT2D eigenvalue weighted by atomic mass is 15.4. The number of anilines is 1. The zero-order chi connectivity index (χ0) is 18.7. The second-order valence-corrected chi connectivity index (χ2v) is 7.52. The predicted molar refractivity (Wildman–Crippen MR) is 109 cm³/mol. The highest BCUT2D eigenvalue weighted by Crippen LogP contribution is 2.48. The SMILES string of the molecule is CN=C(NCC1(c2ccccc2C)CC1)N1CCN(c2ncccn2)CC1. The lowest BCUT2D eigenvalue weighted by molar-refractivity contribution is 0.368. The monoisotopic (exact) mass is 364 g/mol. The number of hydrogen-bond acceptors (Lipinski definition) is 4. The number of rotatable bonds is 4. The third-order valence-electron chi connectivity index (χ3n) is 5.78. The van der Waals surface area contributed by atoms with Gasteiger partial charge in [0.05, 0.1) is 0 Å². The van der Waals surface area contributed by atoms with Gasteiger partial charge < -0.3 is 15.1 Å². The molecule has 0 unspecified atom stereocenters. The fourth-order valence-electron chi connectivity index (χ4n) is 4.01. The third kappa shape index (κ3) is 3.75. The normalized spacial score (nSPS) is 19.1. The van der Waals surface area contributed by atoms with Gasteiger partial charge in [0.1, 0.15) is 0 Å². The number of aliphatic imine (C=N–C) groups is 1. The number of nitrogens with zero attached hydrogens (tertiary/aromatic N) is 5. The minimum Gasteiger partial charge on any atom is -0.355 e. The van der Waals surface area contributed by atoms with Crippen LogP contribution in [0.15, 0.2) is 47.7 Å². The molecule has 0 spiro atoms. The zero-order valence-corrected chi connectivity index (χ0v) is 16.2. The van der Waals surface area contributed by atoms with E-state index in [-0.39, 0.29) is 5.41 Å². The van der Waals surface area contributed by atoms with Crippen molar-refractivity contribution in [2.75, 3.05) is 44.7 Å². The molecule has 6 nitrogen and oxygen atoms in total. The number of aromatic nitrogens is 2. The first-order chi connectivity index (χ1) is 13.2. The molecule has 1 N–H and O–H groups in total. The molecule has 4 rings (SSSR count). The Labute approximate surface area is 161 Å². The van der Waals surface area contributed by atoms with Gasteiger partial charge in [-0.3, -0.25) is 4.99 Å². The topological polar surface area (TPSA) is 56.7 Å². The van der Waals surface area contributed by atoms with Crippen molar-refractivity contribution in [1.29, 1.82) is 0 Å². The maximum absolute atomic E-state index is 4.54. The van der Waals surface area contributed by atoms with Crippen molar-refractivity contribution in [1.82, 2.24) is 20.2 Å². The molecule has 2 heterocycles. The van der Waals surface area contributed by atoms with Crippen LogP contribution >= 0.6 is 0 Å². The number of piperazine rings is 1. The summed E-state index contributed by atoms with van der Waals surface area (Å²) in [6.07, 6.45) is 6.10. The van der Waals surface area contributed by atoms with Crippen LogP contribution < -0.4 is 10.2 Å². The second-order valence-electron chi connectivity index (χ2n) is 7.52. The van der Waals surface area contributed by atoms with Gasteiger partial charge in [-0.25, -0.2) is 9.97 Å². The van der Waals surface area contributed by atoms with E-state index in [0.29, 0.717) is 0 Å². The van der Waals surface area contributed by atoms with Crippen molar-refractivity contribution in [3.8, 4) is 0 Å². The van der Waals surface area contributed by atoms with E-state index >= 15 is 0 Å². The Morgan fingerprint density at radius 3 is 2.41 bits per heavy atom. The molecule has 2 fully saturated rings. The van der Waals surface area contributed by atoms with E-state index in [1.54, 1.807) is 12.4 Å². The molecule has 1 aromatic heterocycles. The quantitative estimate of drug-likeness (QED) is 0.666. The summed E-state index contributed by atoms with van der Waals surface area (Å²) < 4.78 is 0. The van der Waals surface area contributed by atoms with Crippen LogP contribution in [0.5, 0.6) is 0 Å². The summed E-state index contributed by atoms with van der Waals surface area (Å²) in [4.78, 5) is 17.8. The van der Waals surface area contributed by atoms with Gasteiger partial charge in [0.2, 0.25) is 5.95 Å². The van der Waals surface area contributed by atoms with Crippen LogP contribution in [-0.2, 0) is 5.41 Å². The van der Waals surface area contributed by atoms with Crippen LogP contribution in [0.25, 0.3) is 0 Å². The molecule has 1 aliphatic heterocycles. The van der Waals surface area contributed by atoms with Crippen molar-refractivity contribution < 1.29 is 0 Å². The first-order valence-corrected chi connectivity index (χ1v) is 9.75. The van der Waals surface area contributed by atoms with Gasteiger partial charge in [-0.05, 0) is 37.0 Å². The summed E-state index contributed by atoms with van der Waals surface area (Å²) in [6, 6.07) is 10.6. The molecular formula is C21H28N6. The fourth-order valence-corrected chi connectivity index (χ4v) is 4.01. The number of benzene rings is 1. The van der Waals surface area contributed by atoms with E-state index < -0.39 is 0 Å². The lowest BCUT2D eigenvalue weighted by Gasteiger charge is -2.36. The van der Waals surface area contributed by atoms with Crippen molar-refractivity contribution in [3.63, 3.8) is 0 Å². The van der Waals surface area contributed by atoms with Crippen molar-refractivity contribution in [2.24, 2.45) is 4.99 Å². The van der Waals surface area contributed by atoms with Gasteiger partial charge in [-0.1, -0.05) is 24.3 Å². The summed E-state index contributed by atoms with van der Waals surface area (Å²) >= 11 is 0. The lowest BCUT2D eigenvalue weighted by atomic mass is 9.92. The Kier molecular flexibility index (Phi) is 4.97. The van der Waals surface area contributed by atoms with Crippen molar-refractivity contribution >= 4 is 11.9 Å². The predicted octanol–water partition coefficient (Wildman–Crippen LogP) is 2.21. The third-order valence-corrected chi connectivity index (χ3v) is 5.78. The van der Waals surface area contributed by atoms with Crippen LogP contribution in [0, 0.1) is 6.92 Å². The zero-order valence-electron chi connectivity index (χ0n) is 16.2. The first kappa shape index (κ1) is 17.8. The van der Waals surface area contributed by atoms with E-state index in [4.69, 9.17) is 0 Å². The van der Waals surface area contributed by atoms with Gasteiger partial charge >= 0.3 is 0 Å². The number of aryl methyl sites for hydroxylation is 1. The van der Waals surface area contributed by atoms with E-state index in [1.165, 1.54) is 24.0 Å². The average molecular weight is 364 g/mol. The van der Waals surface area contributed by atoms with E-state index in [2.05, 4.69) is 61.3 Å². The minimum absolute atomic E-state index is 0.279. The molecular weight excluding hydrogens is 336 g/mol. The molecule has 0 atom stereocenters. The summed E-state index contributed by atoms with van der Waals surface area (Å²) in [5.41, 5.74) is 3.16. The number of nitrogens with one attached hydrogen (secondary N) is 1. The molecule has 2 aromatic rings. The largest absolute Gasteiger partial charge is 0.355 e. The smallest absolute Gasteiger partial charge is 0.225 e. The van der Waals surface area contributed by atoms with E-state index in [0.717, 1.165) is 44.6 Å². The lowest BCUT2D eigenvalue weighted by Crippen LogP contribution is -2.53. The van der Waals surface area contributed by atoms with Crippen molar-refractivity contribution in [3.05, 3.63) is 53.9 Å². The number of hydrogen-bond donors (Lipinski definition) is 1. The molecule has 1 aliphatic carbocycles. The Morgan fingerprint density at radius 1 is 1.07 bits per heavy atom. The van der Waals surface area contributed by atoms with Gasteiger partial charge in [-0.2, -0.15) is 0 Å². The van der Waals surface area contributed by atoms with Crippen LogP contribution in [0.1, 0.15) is 24.0 Å². The molecule has 0 radical (unpaired) electrons. The molecule has 0 amide bonds. The maximum Gasteiger partial charge on any atom is 0.225 e. The summed E-state index contributed by atoms with van der Waals surface area (Å²) in [7, 11) is 1.88. The molecule has 27 heavy (non-hydrogen) atoms. The molecule has 6 heteroatoms. The summed E-state index contributed by atoms with van der Waals surface area (Å²) in [5.74, 6) is 1.82. The van der Waals surface area contributed by atoms with Crippen molar-refractivity contribution in [2.45, 2.75) is 25.2 Å². The number of guanidine groups is 1. The Morgan fingerprint density at radius 2 is 1.78 bits per heavy atom. The standard InChI is InChI=1S/C21H28N6/c1-17-6-3-4-7-18(17)21(8-9-21)16-25-19(22-2)26-12-14-27(15-13-26)20-23-10-5-11-24-20/h3-7,10-11H,8-9,12-16H2,1-2H3,(H,22,25). The molecule has 1 aromatic carbocycles. The summed E-state index contributed by atoms with van der Waals surface area (Å²) in [6.45, 7) is 6.84. The molecule has 0 bridgehead atoms. The molecule has 1 saturated heterocycles. The Balaban J connectivity index is 1.35. The fraction of sp³-hybridized carbons (Fsp3) is 0.476. The molecule has 142 valence electrons. The van der Waals surface area contributed by atoms with Gasteiger partial charge in [0.15, 0.2) is 5.96 Å². The first-order valence-electron chi connectivity index (χ1n) is 9.75. The van der Waals surface area contributed by atoms with Gasteiger partial charge in [0.25, 0.3) is 0 Å².